The van der Waals surface area contributed by atoms with Crippen molar-refractivity contribution in [2.45, 2.75) is 25.1 Å². The minimum absolute atomic E-state index is 0.674. The topological polar surface area (TPSA) is 37.8 Å². The van der Waals surface area contributed by atoms with Crippen molar-refractivity contribution in [1.82, 2.24) is 10.2 Å². The second-order valence-corrected chi connectivity index (χ2v) is 6.81. The van der Waals surface area contributed by atoms with E-state index in [1.807, 2.05) is 0 Å². The molecular weight excluding hydrogens is 262 g/mol. The Hall–Kier alpha value is -1.07. The molecule has 2 aromatic rings. The van der Waals surface area contributed by atoms with Crippen LogP contribution >= 0.6 is 23.1 Å². The van der Waals surface area contributed by atoms with E-state index in [-0.39, 0.29) is 0 Å². The number of anilines is 2. The third-order valence-electron chi connectivity index (χ3n) is 2.25. The van der Waals surface area contributed by atoms with Crippen LogP contribution in [0, 0.1) is 12.8 Å². The molecule has 18 heavy (non-hydrogen) atoms. The summed E-state index contributed by atoms with van der Waals surface area (Å²) in [5.74, 6) is 1.76. The first-order chi connectivity index (χ1) is 8.63. The standard InChI is InChI=1S/C13H17N3S2/c1-9(2)8-17-13-16-15-12(18-13)14-11-6-4-10(3)5-7-11/h4-7,9H,8H2,1-3H3,(H,14,15). The van der Waals surface area contributed by atoms with E-state index in [4.69, 9.17) is 0 Å². The molecule has 96 valence electrons. The molecule has 0 atom stereocenters. The van der Waals surface area contributed by atoms with Gasteiger partial charge in [0.1, 0.15) is 0 Å². The van der Waals surface area contributed by atoms with E-state index in [9.17, 15) is 0 Å². The fourth-order valence-electron chi connectivity index (χ4n) is 1.32. The molecule has 5 heteroatoms. The maximum atomic E-state index is 4.17. The van der Waals surface area contributed by atoms with E-state index in [0.29, 0.717) is 5.92 Å². The maximum Gasteiger partial charge on any atom is 0.210 e. The molecule has 0 radical (unpaired) electrons. The van der Waals surface area contributed by atoms with Crippen LogP contribution in [0.4, 0.5) is 10.8 Å². The fourth-order valence-corrected chi connectivity index (χ4v) is 3.07. The van der Waals surface area contributed by atoms with Crippen molar-refractivity contribution in [3.8, 4) is 0 Å². The third-order valence-corrected chi connectivity index (χ3v) is 4.65. The number of rotatable bonds is 5. The van der Waals surface area contributed by atoms with Crippen molar-refractivity contribution in [3.63, 3.8) is 0 Å². The van der Waals surface area contributed by atoms with E-state index in [2.05, 4.69) is 60.6 Å². The summed E-state index contributed by atoms with van der Waals surface area (Å²) < 4.78 is 1.03. The first kappa shape index (κ1) is 13.4. The SMILES string of the molecule is Cc1ccc(Nc2nnc(SCC(C)C)s2)cc1. The lowest BCUT2D eigenvalue weighted by atomic mass is 10.2. The highest BCUT2D eigenvalue weighted by Crippen LogP contribution is 2.28. The Morgan fingerprint density at radius 1 is 1.22 bits per heavy atom. The van der Waals surface area contributed by atoms with Gasteiger partial charge < -0.3 is 5.32 Å². The Kier molecular flexibility index (Phi) is 4.60. The van der Waals surface area contributed by atoms with Crippen molar-refractivity contribution >= 4 is 33.9 Å². The molecule has 0 fully saturated rings. The van der Waals surface area contributed by atoms with Crippen LogP contribution < -0.4 is 5.32 Å². The molecule has 1 heterocycles. The highest BCUT2D eigenvalue weighted by Gasteiger charge is 2.05. The molecule has 0 saturated carbocycles. The molecular formula is C13H17N3S2. The van der Waals surface area contributed by atoms with Crippen molar-refractivity contribution in [3.05, 3.63) is 29.8 Å². The van der Waals surface area contributed by atoms with E-state index < -0.39 is 0 Å². The second kappa shape index (κ2) is 6.20. The number of hydrogen-bond acceptors (Lipinski definition) is 5. The van der Waals surface area contributed by atoms with Gasteiger partial charge in [-0.15, -0.1) is 10.2 Å². The smallest absolute Gasteiger partial charge is 0.210 e. The van der Waals surface area contributed by atoms with Crippen molar-refractivity contribution in [2.24, 2.45) is 5.92 Å². The van der Waals surface area contributed by atoms with Gasteiger partial charge in [-0.25, -0.2) is 0 Å². The van der Waals surface area contributed by atoms with Gasteiger partial charge in [-0.3, -0.25) is 0 Å². The van der Waals surface area contributed by atoms with Gasteiger partial charge in [-0.2, -0.15) is 0 Å². The number of hydrogen-bond donors (Lipinski definition) is 1. The molecule has 0 saturated heterocycles. The van der Waals surface area contributed by atoms with E-state index >= 15 is 0 Å². The summed E-state index contributed by atoms with van der Waals surface area (Å²) in [6.07, 6.45) is 0. The molecule has 1 N–H and O–H groups in total. The minimum atomic E-state index is 0.674. The largest absolute Gasteiger partial charge is 0.330 e. The van der Waals surface area contributed by atoms with Crippen LogP contribution in [0.3, 0.4) is 0 Å². The molecule has 2 rings (SSSR count). The minimum Gasteiger partial charge on any atom is -0.330 e. The summed E-state index contributed by atoms with van der Waals surface area (Å²) in [6, 6.07) is 8.27. The van der Waals surface area contributed by atoms with Crippen LogP contribution in [0.5, 0.6) is 0 Å². The summed E-state index contributed by atoms with van der Waals surface area (Å²) in [7, 11) is 0. The van der Waals surface area contributed by atoms with Crippen LogP contribution in [0.15, 0.2) is 28.6 Å². The number of aryl methyl sites for hydroxylation is 1. The van der Waals surface area contributed by atoms with Crippen LogP contribution in [-0.2, 0) is 0 Å². The van der Waals surface area contributed by atoms with Gasteiger partial charge in [0, 0.05) is 11.4 Å². The molecule has 0 unspecified atom stereocenters. The lowest BCUT2D eigenvalue weighted by Crippen LogP contribution is -1.89. The summed E-state index contributed by atoms with van der Waals surface area (Å²) >= 11 is 3.37. The number of nitrogens with zero attached hydrogens (tertiary/aromatic N) is 2. The zero-order valence-corrected chi connectivity index (χ0v) is 12.4. The zero-order chi connectivity index (χ0) is 13.0. The van der Waals surface area contributed by atoms with Gasteiger partial charge in [0.05, 0.1) is 0 Å². The number of aromatic nitrogens is 2. The first-order valence-electron chi connectivity index (χ1n) is 5.93. The third kappa shape index (κ3) is 3.99. The zero-order valence-electron chi connectivity index (χ0n) is 10.8. The van der Waals surface area contributed by atoms with Gasteiger partial charge in [0.2, 0.25) is 5.13 Å². The van der Waals surface area contributed by atoms with E-state index in [1.165, 1.54) is 5.56 Å². The maximum absolute atomic E-state index is 4.17. The Morgan fingerprint density at radius 2 is 1.94 bits per heavy atom. The quantitative estimate of drug-likeness (QED) is 0.826. The summed E-state index contributed by atoms with van der Waals surface area (Å²) in [5, 5.41) is 12.4. The number of thioether (sulfide) groups is 1. The Morgan fingerprint density at radius 3 is 2.61 bits per heavy atom. The van der Waals surface area contributed by atoms with Crippen LogP contribution in [0.1, 0.15) is 19.4 Å². The lowest BCUT2D eigenvalue weighted by molar-refractivity contribution is 0.749. The highest BCUT2D eigenvalue weighted by atomic mass is 32.2. The Balaban J connectivity index is 1.95. The fraction of sp³-hybridized carbons (Fsp3) is 0.385. The molecule has 3 nitrogen and oxygen atoms in total. The summed E-state index contributed by atoms with van der Waals surface area (Å²) in [6.45, 7) is 6.49. The van der Waals surface area contributed by atoms with Crippen molar-refractivity contribution in [2.75, 3.05) is 11.1 Å². The Bertz CT molecular complexity index is 491. The van der Waals surface area contributed by atoms with Crippen LogP contribution in [0.25, 0.3) is 0 Å². The van der Waals surface area contributed by atoms with Crippen molar-refractivity contribution in [1.29, 1.82) is 0 Å². The average molecular weight is 279 g/mol. The molecule has 0 amide bonds. The molecule has 0 aliphatic carbocycles. The van der Waals surface area contributed by atoms with Crippen LogP contribution in [-0.4, -0.2) is 16.0 Å². The molecule has 0 aliphatic heterocycles. The predicted octanol–water partition coefficient (Wildman–Crippen LogP) is 4.34. The van der Waals surface area contributed by atoms with Gasteiger partial charge in [0.25, 0.3) is 0 Å². The van der Waals surface area contributed by atoms with E-state index in [1.54, 1.807) is 23.1 Å². The number of benzene rings is 1. The second-order valence-electron chi connectivity index (χ2n) is 4.57. The molecule has 1 aromatic carbocycles. The van der Waals surface area contributed by atoms with Crippen molar-refractivity contribution < 1.29 is 0 Å². The highest BCUT2D eigenvalue weighted by molar-refractivity contribution is 8.01. The summed E-state index contributed by atoms with van der Waals surface area (Å²) in [4.78, 5) is 0. The van der Waals surface area contributed by atoms with Gasteiger partial charge in [0.15, 0.2) is 4.34 Å². The Labute approximate surface area is 116 Å². The molecule has 0 bridgehead atoms. The van der Waals surface area contributed by atoms with Gasteiger partial charge in [-0.1, -0.05) is 54.6 Å². The normalized spacial score (nSPS) is 10.9. The van der Waals surface area contributed by atoms with Gasteiger partial charge >= 0.3 is 0 Å². The average Bonchev–Trinajstić information content (AvgIpc) is 2.77. The summed E-state index contributed by atoms with van der Waals surface area (Å²) in [5.41, 5.74) is 2.31. The van der Waals surface area contributed by atoms with Gasteiger partial charge in [-0.05, 0) is 25.0 Å². The lowest BCUT2D eigenvalue weighted by Gasteiger charge is -2.01. The predicted molar refractivity (Wildman–Crippen MR) is 79.9 cm³/mol. The van der Waals surface area contributed by atoms with E-state index in [0.717, 1.165) is 20.9 Å². The molecule has 0 aliphatic rings. The molecule has 0 spiro atoms. The number of nitrogens with one attached hydrogen (secondary N) is 1. The monoisotopic (exact) mass is 279 g/mol. The van der Waals surface area contributed by atoms with Crippen LogP contribution in [0.2, 0.25) is 0 Å². The first-order valence-corrected chi connectivity index (χ1v) is 7.73. The molecule has 1 aromatic heterocycles.